The Bertz CT molecular complexity index is 421. The Kier molecular flexibility index (Phi) is 2.74. The first kappa shape index (κ1) is 9.55. The summed E-state index contributed by atoms with van der Waals surface area (Å²) in [5, 5.41) is 7.34. The Labute approximate surface area is 91.3 Å². The average Bonchev–Trinajstić information content (AvgIpc) is 2.72. The summed E-state index contributed by atoms with van der Waals surface area (Å²) in [7, 11) is 1.91. The minimum atomic E-state index is 0.789. The molecule has 74 valence electrons. The van der Waals surface area contributed by atoms with Gasteiger partial charge in [0.25, 0.3) is 0 Å². The lowest BCUT2D eigenvalue weighted by Gasteiger charge is -2.03. The molecule has 0 atom stereocenters. The van der Waals surface area contributed by atoms with Crippen molar-refractivity contribution < 1.29 is 0 Å². The summed E-state index contributed by atoms with van der Waals surface area (Å²) in [6.45, 7) is 0.789. The molecule has 3 nitrogen and oxygen atoms in total. The zero-order valence-electron chi connectivity index (χ0n) is 7.70. The lowest BCUT2D eigenvalue weighted by atomic mass is 10.4. The first-order valence-electron chi connectivity index (χ1n) is 4.22. The minimum Gasteiger partial charge on any atom is -0.365 e. The van der Waals surface area contributed by atoms with Crippen molar-refractivity contribution in [2.24, 2.45) is 7.05 Å². The third kappa shape index (κ3) is 2.08. The molecule has 0 saturated heterocycles. The zero-order valence-corrected chi connectivity index (χ0v) is 9.27. The summed E-state index contributed by atoms with van der Waals surface area (Å²) in [5.41, 5.74) is 0. The van der Waals surface area contributed by atoms with Crippen LogP contribution in [0.1, 0.15) is 4.88 Å². The van der Waals surface area contributed by atoms with Gasteiger partial charge in [-0.1, -0.05) is 11.6 Å². The van der Waals surface area contributed by atoms with Crippen molar-refractivity contribution in [2.45, 2.75) is 6.54 Å². The van der Waals surface area contributed by atoms with Gasteiger partial charge in [-0.05, 0) is 12.1 Å². The highest BCUT2D eigenvalue weighted by Crippen LogP contribution is 2.22. The van der Waals surface area contributed by atoms with E-state index in [1.165, 1.54) is 4.88 Å². The van der Waals surface area contributed by atoms with Gasteiger partial charge < -0.3 is 5.32 Å². The second kappa shape index (κ2) is 4.02. The summed E-state index contributed by atoms with van der Waals surface area (Å²) >= 11 is 7.41. The van der Waals surface area contributed by atoms with Crippen LogP contribution in [0.4, 0.5) is 5.82 Å². The summed E-state index contributed by atoms with van der Waals surface area (Å²) in [4.78, 5) is 1.22. The molecule has 5 heteroatoms. The van der Waals surface area contributed by atoms with E-state index in [0.717, 1.165) is 16.7 Å². The molecule has 0 aliphatic rings. The molecule has 2 rings (SSSR count). The van der Waals surface area contributed by atoms with E-state index in [1.54, 1.807) is 22.2 Å². The van der Waals surface area contributed by atoms with Crippen molar-refractivity contribution >= 4 is 28.8 Å². The van der Waals surface area contributed by atoms with Crippen LogP contribution >= 0.6 is 22.9 Å². The molecular formula is C9H10ClN3S. The maximum Gasteiger partial charge on any atom is 0.124 e. The van der Waals surface area contributed by atoms with E-state index in [-0.39, 0.29) is 0 Å². The monoisotopic (exact) mass is 227 g/mol. The number of thiophene rings is 1. The third-order valence-corrected chi connectivity index (χ3v) is 3.12. The molecule has 2 aromatic rings. The Morgan fingerprint density at radius 1 is 1.50 bits per heavy atom. The predicted molar refractivity (Wildman–Crippen MR) is 59.9 cm³/mol. The third-order valence-electron chi connectivity index (χ3n) is 1.89. The molecule has 2 aromatic heterocycles. The largest absolute Gasteiger partial charge is 0.365 e. The summed E-state index contributed by atoms with van der Waals surface area (Å²) in [6, 6.07) is 5.87. The second-order valence-electron chi connectivity index (χ2n) is 2.90. The van der Waals surface area contributed by atoms with E-state index in [4.69, 9.17) is 11.6 Å². The maximum atomic E-state index is 5.83. The Balaban J connectivity index is 1.98. The molecule has 0 bridgehead atoms. The topological polar surface area (TPSA) is 29.9 Å². The van der Waals surface area contributed by atoms with Crippen LogP contribution in [0.2, 0.25) is 4.34 Å². The summed E-state index contributed by atoms with van der Waals surface area (Å²) in [5.74, 6) is 1.01. The van der Waals surface area contributed by atoms with Gasteiger partial charge in [-0.2, -0.15) is 5.10 Å². The van der Waals surface area contributed by atoms with Crippen LogP contribution in [0.3, 0.4) is 0 Å². The van der Waals surface area contributed by atoms with E-state index >= 15 is 0 Å². The molecule has 1 N–H and O–H groups in total. The quantitative estimate of drug-likeness (QED) is 0.874. The van der Waals surface area contributed by atoms with Gasteiger partial charge in [0.15, 0.2) is 0 Å². The Hall–Kier alpha value is -1.000. The fourth-order valence-corrected chi connectivity index (χ4v) is 2.20. The highest BCUT2D eigenvalue weighted by atomic mass is 35.5. The first-order chi connectivity index (χ1) is 6.75. The van der Waals surface area contributed by atoms with Gasteiger partial charge in [-0.3, -0.25) is 4.68 Å². The molecule has 0 spiro atoms. The number of nitrogens with one attached hydrogen (secondary N) is 1. The number of hydrogen-bond donors (Lipinski definition) is 1. The van der Waals surface area contributed by atoms with Gasteiger partial charge in [0.1, 0.15) is 5.82 Å². The number of anilines is 1. The lowest BCUT2D eigenvalue weighted by molar-refractivity contribution is 0.769. The van der Waals surface area contributed by atoms with Crippen LogP contribution in [0.5, 0.6) is 0 Å². The normalized spacial score (nSPS) is 10.4. The molecule has 0 radical (unpaired) electrons. The molecule has 2 heterocycles. The van der Waals surface area contributed by atoms with Crippen LogP contribution in [-0.2, 0) is 13.6 Å². The number of halogens is 1. The predicted octanol–water partition coefficient (Wildman–Crippen LogP) is 2.75. The molecule has 0 fully saturated rings. The van der Waals surface area contributed by atoms with Crippen LogP contribution in [-0.4, -0.2) is 9.78 Å². The Morgan fingerprint density at radius 2 is 2.36 bits per heavy atom. The van der Waals surface area contributed by atoms with Crippen molar-refractivity contribution in [3.8, 4) is 0 Å². The lowest BCUT2D eigenvalue weighted by Crippen LogP contribution is -2.03. The molecule has 0 unspecified atom stereocenters. The number of hydrogen-bond acceptors (Lipinski definition) is 3. The fourth-order valence-electron chi connectivity index (χ4n) is 1.17. The smallest absolute Gasteiger partial charge is 0.124 e. The standard InChI is InChI=1S/C9H10ClN3S/c1-13-9(4-5-12-13)11-6-7-2-3-8(10)14-7/h2-5,11H,6H2,1H3. The zero-order chi connectivity index (χ0) is 9.97. The second-order valence-corrected chi connectivity index (χ2v) is 4.70. The molecule has 0 aromatic carbocycles. The maximum absolute atomic E-state index is 5.83. The molecule has 0 aliphatic heterocycles. The van der Waals surface area contributed by atoms with E-state index < -0.39 is 0 Å². The van der Waals surface area contributed by atoms with Gasteiger partial charge >= 0.3 is 0 Å². The van der Waals surface area contributed by atoms with Gasteiger partial charge in [-0.25, -0.2) is 0 Å². The van der Waals surface area contributed by atoms with Crippen molar-refractivity contribution in [2.75, 3.05) is 5.32 Å². The van der Waals surface area contributed by atoms with E-state index in [0.29, 0.717) is 0 Å². The SMILES string of the molecule is Cn1nccc1NCc1ccc(Cl)s1. The number of rotatable bonds is 3. The first-order valence-corrected chi connectivity index (χ1v) is 5.41. The molecule has 0 aliphatic carbocycles. The van der Waals surface area contributed by atoms with Gasteiger partial charge in [0.05, 0.1) is 17.1 Å². The van der Waals surface area contributed by atoms with Gasteiger partial charge in [0.2, 0.25) is 0 Å². The highest BCUT2D eigenvalue weighted by molar-refractivity contribution is 7.16. The molecular weight excluding hydrogens is 218 g/mol. The van der Waals surface area contributed by atoms with E-state index in [1.807, 2.05) is 25.2 Å². The summed E-state index contributed by atoms with van der Waals surface area (Å²) in [6.07, 6.45) is 1.77. The molecule has 0 amide bonds. The highest BCUT2D eigenvalue weighted by Gasteiger charge is 2.00. The van der Waals surface area contributed by atoms with Crippen LogP contribution in [0.15, 0.2) is 24.4 Å². The van der Waals surface area contributed by atoms with Crippen LogP contribution < -0.4 is 5.32 Å². The fraction of sp³-hybridized carbons (Fsp3) is 0.222. The average molecular weight is 228 g/mol. The van der Waals surface area contributed by atoms with Gasteiger partial charge in [-0.15, -0.1) is 11.3 Å². The van der Waals surface area contributed by atoms with E-state index in [2.05, 4.69) is 10.4 Å². The van der Waals surface area contributed by atoms with Gasteiger partial charge in [0, 0.05) is 18.0 Å². The van der Waals surface area contributed by atoms with E-state index in [9.17, 15) is 0 Å². The Morgan fingerprint density at radius 3 is 2.93 bits per heavy atom. The molecule has 14 heavy (non-hydrogen) atoms. The van der Waals surface area contributed by atoms with Crippen LogP contribution in [0.25, 0.3) is 0 Å². The number of aromatic nitrogens is 2. The van der Waals surface area contributed by atoms with Crippen LogP contribution in [0, 0.1) is 0 Å². The molecule has 0 saturated carbocycles. The number of aryl methyl sites for hydroxylation is 1. The van der Waals surface area contributed by atoms with Crippen molar-refractivity contribution in [1.29, 1.82) is 0 Å². The van der Waals surface area contributed by atoms with Crippen molar-refractivity contribution in [3.05, 3.63) is 33.6 Å². The van der Waals surface area contributed by atoms with Crippen molar-refractivity contribution in [3.63, 3.8) is 0 Å². The van der Waals surface area contributed by atoms with Crippen molar-refractivity contribution in [1.82, 2.24) is 9.78 Å². The summed E-state index contributed by atoms with van der Waals surface area (Å²) < 4.78 is 2.63. The number of nitrogens with zero attached hydrogens (tertiary/aromatic N) is 2. The minimum absolute atomic E-state index is 0.789.